The van der Waals surface area contributed by atoms with Gasteiger partial charge in [0.15, 0.2) is 0 Å². The van der Waals surface area contributed by atoms with Crippen molar-refractivity contribution < 1.29 is 4.39 Å². The number of hydrogen-bond donors (Lipinski definition) is 1. The Labute approximate surface area is 125 Å². The summed E-state index contributed by atoms with van der Waals surface area (Å²) in [6.07, 6.45) is 2.33. The van der Waals surface area contributed by atoms with Gasteiger partial charge in [-0.25, -0.2) is 4.39 Å². The highest BCUT2D eigenvalue weighted by Crippen LogP contribution is 2.24. The molecule has 1 heterocycles. The Hall–Kier alpha value is -0.970. The van der Waals surface area contributed by atoms with Crippen molar-refractivity contribution in [3.05, 3.63) is 63.1 Å². The van der Waals surface area contributed by atoms with E-state index >= 15 is 0 Å². The summed E-state index contributed by atoms with van der Waals surface area (Å²) >= 11 is 9.26. The fraction of sp³-hybridized carbons (Fsp3) is 0.214. The Morgan fingerprint density at radius 1 is 1.37 bits per heavy atom. The van der Waals surface area contributed by atoms with Gasteiger partial charge >= 0.3 is 0 Å². The zero-order chi connectivity index (χ0) is 13.8. The van der Waals surface area contributed by atoms with E-state index < -0.39 is 0 Å². The molecule has 1 N–H and O–H groups in total. The molecule has 0 aliphatic carbocycles. The highest BCUT2D eigenvalue weighted by Gasteiger charge is 2.15. The zero-order valence-electron chi connectivity index (χ0n) is 10.3. The Balaban J connectivity index is 2.24. The summed E-state index contributed by atoms with van der Waals surface area (Å²) < 4.78 is 14.8. The zero-order valence-corrected chi connectivity index (χ0v) is 12.7. The van der Waals surface area contributed by atoms with E-state index in [4.69, 9.17) is 11.6 Å². The Kier molecular flexibility index (Phi) is 4.91. The summed E-state index contributed by atoms with van der Waals surface area (Å²) in [6, 6.07) is 8.26. The molecule has 2 rings (SSSR count). The number of halogens is 3. The lowest BCUT2D eigenvalue weighted by atomic mass is 10.0. The van der Waals surface area contributed by atoms with Gasteiger partial charge in [0.1, 0.15) is 5.82 Å². The van der Waals surface area contributed by atoms with Crippen molar-refractivity contribution in [1.29, 1.82) is 0 Å². The topological polar surface area (TPSA) is 24.9 Å². The van der Waals surface area contributed by atoms with Gasteiger partial charge in [0, 0.05) is 39.4 Å². The van der Waals surface area contributed by atoms with Crippen molar-refractivity contribution in [2.75, 3.05) is 7.05 Å². The van der Waals surface area contributed by atoms with E-state index in [0.717, 1.165) is 10.2 Å². The number of benzene rings is 1. The van der Waals surface area contributed by atoms with Crippen molar-refractivity contribution in [3.8, 4) is 0 Å². The van der Waals surface area contributed by atoms with Gasteiger partial charge in [-0.05, 0) is 53.3 Å². The minimum atomic E-state index is -0.263. The molecule has 5 heteroatoms. The maximum Gasteiger partial charge on any atom is 0.128 e. The van der Waals surface area contributed by atoms with E-state index in [9.17, 15) is 4.39 Å². The molecular formula is C14H13BrClFN2. The number of rotatable bonds is 4. The van der Waals surface area contributed by atoms with E-state index in [1.807, 2.05) is 12.1 Å². The van der Waals surface area contributed by atoms with Gasteiger partial charge in [-0.3, -0.25) is 4.98 Å². The summed E-state index contributed by atoms with van der Waals surface area (Å²) in [5, 5.41) is 3.63. The first kappa shape index (κ1) is 14.4. The molecule has 1 aromatic heterocycles. The highest BCUT2D eigenvalue weighted by molar-refractivity contribution is 9.10. The molecule has 0 saturated carbocycles. The lowest BCUT2D eigenvalue weighted by Crippen LogP contribution is -2.20. The number of likely N-dealkylation sites (N-methyl/N-ethyl adjacent to an activating group) is 1. The van der Waals surface area contributed by atoms with Crippen LogP contribution < -0.4 is 5.32 Å². The molecule has 0 radical (unpaired) electrons. The molecule has 0 spiro atoms. The quantitative estimate of drug-likeness (QED) is 0.902. The predicted octanol–water partition coefficient (Wildman–Crippen LogP) is 4.14. The predicted molar refractivity (Wildman–Crippen MR) is 78.9 cm³/mol. The number of hydrogen-bond acceptors (Lipinski definition) is 2. The van der Waals surface area contributed by atoms with E-state index in [1.54, 1.807) is 25.4 Å². The first-order valence-electron chi connectivity index (χ1n) is 5.83. The second-order valence-corrected chi connectivity index (χ2v) is 5.53. The molecule has 2 aromatic rings. The van der Waals surface area contributed by atoms with Gasteiger partial charge in [0.05, 0.1) is 0 Å². The van der Waals surface area contributed by atoms with Crippen LogP contribution in [-0.4, -0.2) is 12.0 Å². The summed E-state index contributed by atoms with van der Waals surface area (Å²) in [4.78, 5) is 4.30. The molecule has 0 saturated heterocycles. The van der Waals surface area contributed by atoms with Crippen LogP contribution in [0.25, 0.3) is 0 Å². The average Bonchev–Trinajstić information content (AvgIpc) is 2.41. The number of aromatic nitrogens is 1. The van der Waals surface area contributed by atoms with Crippen LogP contribution in [0.4, 0.5) is 4.39 Å². The highest BCUT2D eigenvalue weighted by atomic mass is 79.9. The molecule has 1 unspecified atom stereocenters. The van der Waals surface area contributed by atoms with Crippen LogP contribution in [-0.2, 0) is 6.42 Å². The smallest absolute Gasteiger partial charge is 0.128 e. The molecule has 0 bridgehead atoms. The van der Waals surface area contributed by atoms with Crippen LogP contribution in [0.5, 0.6) is 0 Å². The first-order valence-corrected chi connectivity index (χ1v) is 7.00. The Bertz CT molecular complexity index is 560. The normalized spacial score (nSPS) is 12.4. The molecule has 2 nitrogen and oxygen atoms in total. The fourth-order valence-corrected chi connectivity index (χ4v) is 2.30. The van der Waals surface area contributed by atoms with Gasteiger partial charge < -0.3 is 5.32 Å². The minimum Gasteiger partial charge on any atom is -0.313 e. The van der Waals surface area contributed by atoms with Crippen LogP contribution >= 0.6 is 27.5 Å². The standard InChI is InChI=1S/C14H13BrClFN2/c1-18-14(7-11-4-2-9(15)8-19-11)12-6-10(16)3-5-13(12)17/h2-6,8,14,18H,7H2,1H3. The third kappa shape index (κ3) is 3.75. The largest absolute Gasteiger partial charge is 0.313 e. The Morgan fingerprint density at radius 3 is 2.79 bits per heavy atom. The SMILES string of the molecule is CNC(Cc1ccc(Br)cn1)c1cc(Cl)ccc1F. The van der Waals surface area contributed by atoms with Crippen molar-refractivity contribution >= 4 is 27.5 Å². The second kappa shape index (κ2) is 6.46. The number of nitrogens with one attached hydrogen (secondary N) is 1. The van der Waals surface area contributed by atoms with Crippen LogP contribution in [0.3, 0.4) is 0 Å². The molecule has 1 atom stereocenters. The first-order chi connectivity index (χ1) is 9.10. The third-order valence-corrected chi connectivity index (χ3v) is 3.59. The maximum absolute atomic E-state index is 13.8. The average molecular weight is 344 g/mol. The van der Waals surface area contributed by atoms with Crippen molar-refractivity contribution in [1.82, 2.24) is 10.3 Å². The van der Waals surface area contributed by atoms with Gasteiger partial charge in [0.2, 0.25) is 0 Å². The van der Waals surface area contributed by atoms with Gasteiger partial charge in [-0.15, -0.1) is 0 Å². The summed E-state index contributed by atoms with van der Waals surface area (Å²) in [5.41, 5.74) is 1.45. The maximum atomic E-state index is 13.8. The summed E-state index contributed by atoms with van der Waals surface area (Å²) in [5.74, 6) is -0.263. The summed E-state index contributed by atoms with van der Waals surface area (Å²) in [7, 11) is 1.80. The second-order valence-electron chi connectivity index (χ2n) is 4.18. The molecular weight excluding hydrogens is 331 g/mol. The molecule has 0 aliphatic rings. The van der Waals surface area contributed by atoms with Gasteiger partial charge in [-0.2, -0.15) is 0 Å². The van der Waals surface area contributed by atoms with Crippen molar-refractivity contribution in [2.45, 2.75) is 12.5 Å². The van der Waals surface area contributed by atoms with E-state index in [0.29, 0.717) is 17.0 Å². The van der Waals surface area contributed by atoms with Crippen LogP contribution in [0, 0.1) is 5.82 Å². The number of nitrogens with zero attached hydrogens (tertiary/aromatic N) is 1. The van der Waals surface area contributed by atoms with E-state index in [2.05, 4.69) is 26.2 Å². The molecule has 100 valence electrons. The van der Waals surface area contributed by atoms with Crippen molar-refractivity contribution in [2.24, 2.45) is 0 Å². The van der Waals surface area contributed by atoms with E-state index in [-0.39, 0.29) is 11.9 Å². The Morgan fingerprint density at radius 2 is 2.16 bits per heavy atom. The third-order valence-electron chi connectivity index (χ3n) is 2.88. The van der Waals surface area contributed by atoms with Crippen LogP contribution in [0.15, 0.2) is 41.0 Å². The molecule has 0 amide bonds. The van der Waals surface area contributed by atoms with Crippen molar-refractivity contribution in [3.63, 3.8) is 0 Å². The lowest BCUT2D eigenvalue weighted by molar-refractivity contribution is 0.530. The molecule has 1 aromatic carbocycles. The van der Waals surface area contributed by atoms with E-state index in [1.165, 1.54) is 6.07 Å². The van der Waals surface area contributed by atoms with Crippen LogP contribution in [0.1, 0.15) is 17.3 Å². The monoisotopic (exact) mass is 342 g/mol. The molecule has 19 heavy (non-hydrogen) atoms. The number of pyridine rings is 1. The fourth-order valence-electron chi connectivity index (χ4n) is 1.89. The summed E-state index contributed by atoms with van der Waals surface area (Å²) in [6.45, 7) is 0. The van der Waals surface area contributed by atoms with Gasteiger partial charge in [0.25, 0.3) is 0 Å². The lowest BCUT2D eigenvalue weighted by Gasteiger charge is -2.17. The van der Waals surface area contributed by atoms with Gasteiger partial charge in [-0.1, -0.05) is 11.6 Å². The minimum absolute atomic E-state index is 0.160. The molecule has 0 fully saturated rings. The molecule has 0 aliphatic heterocycles. The van der Waals surface area contributed by atoms with Crippen LogP contribution in [0.2, 0.25) is 5.02 Å².